The first-order chi connectivity index (χ1) is 7.58. The van der Waals surface area contributed by atoms with Gasteiger partial charge in [-0.1, -0.05) is 0 Å². The zero-order chi connectivity index (χ0) is 11.7. The second-order valence-corrected chi connectivity index (χ2v) is 4.70. The van der Waals surface area contributed by atoms with Crippen LogP contribution in [0, 0.1) is 11.7 Å². The third-order valence-corrected chi connectivity index (χ3v) is 3.08. The zero-order valence-electron chi connectivity index (χ0n) is 9.78. The second kappa shape index (κ2) is 4.42. The lowest BCUT2D eigenvalue weighted by Crippen LogP contribution is -2.21. The maximum atomic E-state index is 13.1. The standard InChI is InChI=1S/C13H18FNO/c1-9(16)12-7-11(14)5-6-13(12)15(2)8-10-3-4-10/h5-7,9-10,16H,3-4,8H2,1-2H3. The van der Waals surface area contributed by atoms with Crippen LogP contribution in [0.3, 0.4) is 0 Å². The van der Waals surface area contributed by atoms with Gasteiger partial charge in [0.05, 0.1) is 6.10 Å². The summed E-state index contributed by atoms with van der Waals surface area (Å²) in [5, 5.41) is 9.63. The van der Waals surface area contributed by atoms with Crippen LogP contribution >= 0.6 is 0 Å². The minimum Gasteiger partial charge on any atom is -0.389 e. The molecule has 1 N–H and O–H groups in total. The molecule has 1 atom stereocenters. The van der Waals surface area contributed by atoms with E-state index in [2.05, 4.69) is 4.90 Å². The summed E-state index contributed by atoms with van der Waals surface area (Å²) in [6, 6.07) is 4.62. The first-order valence-electron chi connectivity index (χ1n) is 5.76. The Bertz CT molecular complexity index is 374. The maximum Gasteiger partial charge on any atom is 0.123 e. The van der Waals surface area contributed by atoms with Crippen LogP contribution in [0.1, 0.15) is 31.4 Å². The molecule has 0 bridgehead atoms. The van der Waals surface area contributed by atoms with Gasteiger partial charge < -0.3 is 10.0 Å². The van der Waals surface area contributed by atoms with Gasteiger partial charge in [0.1, 0.15) is 5.82 Å². The van der Waals surface area contributed by atoms with Crippen LogP contribution in [-0.2, 0) is 0 Å². The van der Waals surface area contributed by atoms with Gasteiger partial charge in [0, 0.05) is 24.8 Å². The number of anilines is 1. The smallest absolute Gasteiger partial charge is 0.123 e. The molecule has 0 heterocycles. The van der Waals surface area contributed by atoms with Crippen molar-refractivity contribution in [3.63, 3.8) is 0 Å². The fourth-order valence-electron chi connectivity index (χ4n) is 1.99. The van der Waals surface area contributed by atoms with Gasteiger partial charge in [-0.2, -0.15) is 0 Å². The van der Waals surface area contributed by atoms with Crippen molar-refractivity contribution in [2.24, 2.45) is 5.92 Å². The highest BCUT2D eigenvalue weighted by molar-refractivity contribution is 5.54. The largest absolute Gasteiger partial charge is 0.389 e. The highest BCUT2D eigenvalue weighted by atomic mass is 19.1. The average Bonchev–Trinajstić information content (AvgIpc) is 3.01. The molecule has 0 saturated heterocycles. The second-order valence-electron chi connectivity index (χ2n) is 4.70. The molecule has 0 aliphatic heterocycles. The van der Waals surface area contributed by atoms with Gasteiger partial charge in [-0.15, -0.1) is 0 Å². The van der Waals surface area contributed by atoms with E-state index in [0.29, 0.717) is 5.56 Å². The number of aliphatic hydroxyl groups excluding tert-OH is 1. The minimum atomic E-state index is -0.632. The fraction of sp³-hybridized carbons (Fsp3) is 0.538. The molecule has 0 radical (unpaired) electrons. The molecule has 1 fully saturated rings. The lowest BCUT2D eigenvalue weighted by molar-refractivity contribution is 0.199. The molecule has 1 aliphatic rings. The summed E-state index contributed by atoms with van der Waals surface area (Å²) in [5.41, 5.74) is 1.60. The predicted octanol–water partition coefficient (Wildman–Crippen LogP) is 2.73. The quantitative estimate of drug-likeness (QED) is 0.848. The van der Waals surface area contributed by atoms with Crippen molar-refractivity contribution in [1.82, 2.24) is 0 Å². The molecule has 0 amide bonds. The molecule has 1 unspecified atom stereocenters. The van der Waals surface area contributed by atoms with E-state index in [1.54, 1.807) is 13.0 Å². The molecule has 3 heteroatoms. The number of nitrogens with zero attached hydrogens (tertiary/aromatic N) is 1. The normalized spacial score (nSPS) is 17.2. The monoisotopic (exact) mass is 223 g/mol. The summed E-state index contributed by atoms with van der Waals surface area (Å²) in [4.78, 5) is 2.11. The van der Waals surface area contributed by atoms with Gasteiger partial charge in [-0.25, -0.2) is 4.39 Å². The van der Waals surface area contributed by atoms with Gasteiger partial charge in [0.25, 0.3) is 0 Å². The van der Waals surface area contributed by atoms with E-state index in [4.69, 9.17) is 0 Å². The Morgan fingerprint density at radius 1 is 1.50 bits per heavy atom. The van der Waals surface area contributed by atoms with E-state index < -0.39 is 6.10 Å². The number of aliphatic hydroxyl groups is 1. The first-order valence-corrected chi connectivity index (χ1v) is 5.76. The molecule has 0 spiro atoms. The molecule has 1 aromatic carbocycles. The van der Waals surface area contributed by atoms with E-state index in [9.17, 15) is 9.50 Å². The molecular weight excluding hydrogens is 205 g/mol. The Morgan fingerprint density at radius 2 is 2.19 bits per heavy atom. The van der Waals surface area contributed by atoms with Crippen LogP contribution in [-0.4, -0.2) is 18.7 Å². The van der Waals surface area contributed by atoms with Crippen LogP contribution in [0.4, 0.5) is 10.1 Å². The van der Waals surface area contributed by atoms with Crippen LogP contribution in [0.15, 0.2) is 18.2 Å². The Labute approximate surface area is 95.7 Å². The van der Waals surface area contributed by atoms with Gasteiger partial charge >= 0.3 is 0 Å². The molecule has 1 aromatic rings. The number of hydrogen-bond acceptors (Lipinski definition) is 2. The summed E-state index contributed by atoms with van der Waals surface area (Å²) in [6.07, 6.45) is 1.94. The molecule has 88 valence electrons. The summed E-state index contributed by atoms with van der Waals surface area (Å²) in [7, 11) is 2.00. The summed E-state index contributed by atoms with van der Waals surface area (Å²) >= 11 is 0. The van der Waals surface area contributed by atoms with Gasteiger partial charge in [0.15, 0.2) is 0 Å². The Hall–Kier alpha value is -1.09. The van der Waals surface area contributed by atoms with Crippen molar-refractivity contribution >= 4 is 5.69 Å². The number of halogens is 1. The van der Waals surface area contributed by atoms with E-state index in [1.165, 1.54) is 25.0 Å². The molecule has 16 heavy (non-hydrogen) atoms. The molecule has 1 aliphatic carbocycles. The number of rotatable bonds is 4. The Balaban J connectivity index is 2.23. The zero-order valence-corrected chi connectivity index (χ0v) is 9.78. The Kier molecular flexibility index (Phi) is 3.15. The van der Waals surface area contributed by atoms with Crippen molar-refractivity contribution < 1.29 is 9.50 Å². The van der Waals surface area contributed by atoms with Crippen molar-refractivity contribution in [2.75, 3.05) is 18.5 Å². The topological polar surface area (TPSA) is 23.5 Å². The lowest BCUT2D eigenvalue weighted by Gasteiger charge is -2.23. The van der Waals surface area contributed by atoms with Crippen molar-refractivity contribution in [3.8, 4) is 0 Å². The Morgan fingerprint density at radius 3 is 2.75 bits per heavy atom. The third-order valence-electron chi connectivity index (χ3n) is 3.08. The van der Waals surface area contributed by atoms with E-state index in [-0.39, 0.29) is 5.82 Å². The van der Waals surface area contributed by atoms with E-state index in [1.807, 2.05) is 7.05 Å². The molecule has 1 saturated carbocycles. The van der Waals surface area contributed by atoms with Crippen LogP contribution in [0.5, 0.6) is 0 Å². The predicted molar refractivity (Wildman–Crippen MR) is 63.0 cm³/mol. The lowest BCUT2D eigenvalue weighted by atomic mass is 10.1. The molecule has 2 rings (SSSR count). The molecule has 2 nitrogen and oxygen atoms in total. The third kappa shape index (κ3) is 2.53. The van der Waals surface area contributed by atoms with Crippen LogP contribution in [0.2, 0.25) is 0 Å². The molecule has 0 aromatic heterocycles. The maximum absolute atomic E-state index is 13.1. The highest BCUT2D eigenvalue weighted by Gasteiger charge is 2.24. The van der Waals surface area contributed by atoms with Gasteiger partial charge in [0.2, 0.25) is 0 Å². The van der Waals surface area contributed by atoms with Gasteiger partial charge in [-0.05, 0) is 43.9 Å². The summed E-state index contributed by atoms with van der Waals surface area (Å²) in [6.45, 7) is 2.66. The number of benzene rings is 1. The van der Waals surface area contributed by atoms with E-state index in [0.717, 1.165) is 18.2 Å². The van der Waals surface area contributed by atoms with E-state index >= 15 is 0 Å². The summed E-state index contributed by atoms with van der Waals surface area (Å²) in [5.74, 6) is 0.483. The molecular formula is C13H18FNO. The minimum absolute atomic E-state index is 0.292. The number of hydrogen-bond donors (Lipinski definition) is 1. The highest BCUT2D eigenvalue weighted by Crippen LogP contribution is 2.33. The van der Waals surface area contributed by atoms with Crippen molar-refractivity contribution in [2.45, 2.75) is 25.9 Å². The van der Waals surface area contributed by atoms with Crippen LogP contribution in [0.25, 0.3) is 0 Å². The van der Waals surface area contributed by atoms with Gasteiger partial charge in [-0.3, -0.25) is 0 Å². The van der Waals surface area contributed by atoms with Crippen molar-refractivity contribution in [3.05, 3.63) is 29.6 Å². The SMILES string of the molecule is CC(O)c1cc(F)ccc1N(C)CC1CC1. The average molecular weight is 223 g/mol. The van der Waals surface area contributed by atoms with Crippen LogP contribution < -0.4 is 4.90 Å². The summed E-state index contributed by atoms with van der Waals surface area (Å²) < 4.78 is 13.1. The fourth-order valence-corrected chi connectivity index (χ4v) is 1.99. The first kappa shape index (κ1) is 11.4. The van der Waals surface area contributed by atoms with Crippen molar-refractivity contribution in [1.29, 1.82) is 0 Å².